The fourth-order valence-corrected chi connectivity index (χ4v) is 3.25. The molecular weight excluding hydrogens is 421 g/mol. The lowest BCUT2D eigenvalue weighted by molar-refractivity contribution is 0.214. The van der Waals surface area contributed by atoms with Gasteiger partial charge in [-0.1, -0.05) is 47.0 Å². The van der Waals surface area contributed by atoms with Crippen molar-refractivity contribution < 1.29 is 14.2 Å². The number of nitrogens with zero attached hydrogens (tertiary/aromatic N) is 1. The third-order valence-corrected chi connectivity index (χ3v) is 5.12. The molecule has 2 aromatic carbocycles. The first-order valence-corrected chi connectivity index (χ1v) is 10.5. The zero-order valence-corrected chi connectivity index (χ0v) is 18.0. The van der Waals surface area contributed by atoms with Crippen molar-refractivity contribution in [1.82, 2.24) is 4.90 Å². The standard InChI is InChI=1S/C23H29BrFNO2/c1-3-14-26(2)15-6-4-5-7-16-28-20-12-13-21(22(25)17-20)23(27)18-8-10-19(24)11-9-18/h3,8-13,17,23,27H,1,4-7,14-16H2,2H3. The summed E-state index contributed by atoms with van der Waals surface area (Å²) in [5.74, 6) is 0.0353. The Morgan fingerprint density at radius 3 is 2.54 bits per heavy atom. The highest BCUT2D eigenvalue weighted by Gasteiger charge is 2.15. The Bertz CT molecular complexity index is 736. The smallest absolute Gasteiger partial charge is 0.133 e. The zero-order valence-electron chi connectivity index (χ0n) is 16.4. The molecule has 0 spiro atoms. The van der Waals surface area contributed by atoms with E-state index in [9.17, 15) is 9.50 Å². The molecule has 0 amide bonds. The number of likely N-dealkylation sites (N-methyl/N-ethyl adjacent to an activating group) is 1. The number of aliphatic hydroxyl groups is 1. The van der Waals surface area contributed by atoms with Crippen LogP contribution in [-0.2, 0) is 0 Å². The minimum atomic E-state index is -0.999. The summed E-state index contributed by atoms with van der Waals surface area (Å²) < 4.78 is 21.0. The first kappa shape index (κ1) is 22.6. The molecule has 1 unspecified atom stereocenters. The molecule has 5 heteroatoms. The second kappa shape index (κ2) is 12.0. The van der Waals surface area contributed by atoms with E-state index < -0.39 is 11.9 Å². The summed E-state index contributed by atoms with van der Waals surface area (Å²) in [6, 6.07) is 11.8. The van der Waals surface area contributed by atoms with Crippen molar-refractivity contribution in [2.45, 2.75) is 31.8 Å². The number of hydrogen-bond acceptors (Lipinski definition) is 3. The maximum atomic E-state index is 14.4. The summed E-state index contributed by atoms with van der Waals surface area (Å²) in [6.07, 6.45) is 5.25. The molecule has 1 atom stereocenters. The van der Waals surface area contributed by atoms with Crippen LogP contribution in [0.3, 0.4) is 0 Å². The van der Waals surface area contributed by atoms with Crippen LogP contribution < -0.4 is 4.74 Å². The van der Waals surface area contributed by atoms with Crippen LogP contribution in [0.25, 0.3) is 0 Å². The van der Waals surface area contributed by atoms with E-state index in [1.165, 1.54) is 6.07 Å². The van der Waals surface area contributed by atoms with E-state index in [0.717, 1.165) is 43.2 Å². The predicted molar refractivity (Wildman–Crippen MR) is 116 cm³/mol. The van der Waals surface area contributed by atoms with Crippen molar-refractivity contribution in [1.29, 1.82) is 0 Å². The van der Waals surface area contributed by atoms with E-state index in [1.807, 2.05) is 18.2 Å². The molecule has 0 saturated heterocycles. The summed E-state index contributed by atoms with van der Waals surface area (Å²) in [5, 5.41) is 10.4. The normalized spacial score (nSPS) is 12.2. The number of ether oxygens (including phenoxy) is 1. The van der Waals surface area contributed by atoms with Gasteiger partial charge in [0.05, 0.1) is 6.61 Å². The molecule has 0 aliphatic carbocycles. The summed E-state index contributed by atoms with van der Waals surface area (Å²) in [6.45, 7) is 6.29. The van der Waals surface area contributed by atoms with Crippen molar-refractivity contribution in [3.63, 3.8) is 0 Å². The summed E-state index contributed by atoms with van der Waals surface area (Å²) in [5.41, 5.74) is 0.896. The van der Waals surface area contributed by atoms with Gasteiger partial charge in [0.1, 0.15) is 17.7 Å². The van der Waals surface area contributed by atoms with E-state index in [1.54, 1.807) is 24.3 Å². The molecule has 2 rings (SSSR count). The molecule has 0 aromatic heterocycles. The average Bonchev–Trinajstić information content (AvgIpc) is 2.67. The highest BCUT2D eigenvalue weighted by atomic mass is 79.9. The Morgan fingerprint density at radius 2 is 1.86 bits per heavy atom. The molecule has 3 nitrogen and oxygen atoms in total. The third-order valence-electron chi connectivity index (χ3n) is 4.60. The second-order valence-electron chi connectivity index (χ2n) is 6.95. The van der Waals surface area contributed by atoms with Gasteiger partial charge in [0.2, 0.25) is 0 Å². The summed E-state index contributed by atoms with van der Waals surface area (Å²) >= 11 is 3.35. The topological polar surface area (TPSA) is 32.7 Å². The number of unbranched alkanes of at least 4 members (excludes halogenated alkanes) is 3. The third kappa shape index (κ3) is 7.38. The zero-order chi connectivity index (χ0) is 20.4. The molecule has 2 aromatic rings. The van der Waals surface area contributed by atoms with Crippen molar-refractivity contribution in [2.24, 2.45) is 0 Å². The first-order chi connectivity index (χ1) is 13.5. The van der Waals surface area contributed by atoms with E-state index in [2.05, 4.69) is 34.5 Å². The molecular formula is C23H29BrFNO2. The largest absolute Gasteiger partial charge is 0.493 e. The Morgan fingerprint density at radius 1 is 1.14 bits per heavy atom. The molecule has 0 heterocycles. The average molecular weight is 450 g/mol. The van der Waals surface area contributed by atoms with Gasteiger partial charge < -0.3 is 14.7 Å². The summed E-state index contributed by atoms with van der Waals surface area (Å²) in [4.78, 5) is 2.25. The van der Waals surface area contributed by atoms with Crippen LogP contribution in [0.1, 0.15) is 42.9 Å². The molecule has 0 saturated carbocycles. The molecule has 28 heavy (non-hydrogen) atoms. The van der Waals surface area contributed by atoms with Crippen LogP contribution in [0.4, 0.5) is 4.39 Å². The molecule has 152 valence electrons. The van der Waals surface area contributed by atoms with Crippen molar-refractivity contribution in [2.75, 3.05) is 26.7 Å². The second-order valence-corrected chi connectivity index (χ2v) is 7.87. The SMILES string of the molecule is C=CCN(C)CCCCCCOc1ccc(C(O)c2ccc(Br)cc2)c(F)c1. The minimum Gasteiger partial charge on any atom is -0.493 e. The van der Waals surface area contributed by atoms with E-state index in [-0.39, 0.29) is 5.56 Å². The number of hydrogen-bond donors (Lipinski definition) is 1. The van der Waals surface area contributed by atoms with Gasteiger partial charge in [0, 0.05) is 22.6 Å². The van der Waals surface area contributed by atoms with Gasteiger partial charge in [0.15, 0.2) is 0 Å². The number of aliphatic hydroxyl groups excluding tert-OH is 1. The Balaban J connectivity index is 1.75. The van der Waals surface area contributed by atoms with Gasteiger partial charge in [-0.3, -0.25) is 0 Å². The first-order valence-electron chi connectivity index (χ1n) is 9.66. The monoisotopic (exact) mass is 449 g/mol. The molecule has 1 N–H and O–H groups in total. The van der Waals surface area contributed by atoms with Gasteiger partial charge in [0.25, 0.3) is 0 Å². The highest BCUT2D eigenvalue weighted by molar-refractivity contribution is 9.10. The predicted octanol–water partition coefficient (Wildman–Crippen LogP) is 5.73. The van der Waals surface area contributed by atoms with E-state index in [4.69, 9.17) is 4.74 Å². The van der Waals surface area contributed by atoms with E-state index in [0.29, 0.717) is 17.9 Å². The minimum absolute atomic E-state index is 0.248. The number of halogens is 2. The van der Waals surface area contributed by atoms with E-state index >= 15 is 0 Å². The molecule has 0 aliphatic heterocycles. The van der Waals surface area contributed by atoms with Gasteiger partial charge in [-0.05, 0) is 56.3 Å². The van der Waals surface area contributed by atoms with Crippen molar-refractivity contribution in [3.8, 4) is 5.75 Å². The maximum Gasteiger partial charge on any atom is 0.133 e. The summed E-state index contributed by atoms with van der Waals surface area (Å²) in [7, 11) is 2.09. The Kier molecular flexibility index (Phi) is 9.68. The Hall–Kier alpha value is -1.69. The number of rotatable bonds is 12. The van der Waals surface area contributed by atoms with Gasteiger partial charge in [-0.2, -0.15) is 0 Å². The molecule has 0 aliphatic rings. The van der Waals surface area contributed by atoms with Crippen LogP contribution >= 0.6 is 15.9 Å². The van der Waals surface area contributed by atoms with Crippen LogP contribution in [0, 0.1) is 5.82 Å². The quantitative estimate of drug-likeness (QED) is 0.331. The fraction of sp³-hybridized carbons (Fsp3) is 0.391. The lowest BCUT2D eigenvalue weighted by Gasteiger charge is -2.14. The van der Waals surface area contributed by atoms with Gasteiger partial charge in [-0.25, -0.2) is 4.39 Å². The van der Waals surface area contributed by atoms with Gasteiger partial charge >= 0.3 is 0 Å². The van der Waals surface area contributed by atoms with Crippen LogP contribution in [-0.4, -0.2) is 36.8 Å². The molecule has 0 bridgehead atoms. The lowest BCUT2D eigenvalue weighted by atomic mass is 10.0. The fourth-order valence-electron chi connectivity index (χ4n) is 2.98. The molecule has 0 radical (unpaired) electrons. The van der Waals surface area contributed by atoms with Gasteiger partial charge in [-0.15, -0.1) is 6.58 Å². The van der Waals surface area contributed by atoms with Crippen molar-refractivity contribution in [3.05, 3.63) is 76.5 Å². The number of benzene rings is 2. The van der Waals surface area contributed by atoms with Crippen LogP contribution in [0.15, 0.2) is 59.6 Å². The maximum absolute atomic E-state index is 14.4. The highest BCUT2D eigenvalue weighted by Crippen LogP contribution is 2.28. The van der Waals surface area contributed by atoms with Crippen molar-refractivity contribution >= 4 is 15.9 Å². The van der Waals surface area contributed by atoms with Crippen LogP contribution in [0.5, 0.6) is 5.75 Å². The molecule has 0 fully saturated rings. The Labute approximate surface area is 176 Å². The lowest BCUT2D eigenvalue weighted by Crippen LogP contribution is -2.19. The van der Waals surface area contributed by atoms with Crippen LogP contribution in [0.2, 0.25) is 0 Å².